The highest BCUT2D eigenvalue weighted by Crippen LogP contribution is 2.12. The molecule has 0 aliphatic carbocycles. The number of pyridine rings is 2. The summed E-state index contributed by atoms with van der Waals surface area (Å²) < 4.78 is 0. The van der Waals surface area contributed by atoms with E-state index in [1.165, 1.54) is 18.3 Å². The molecule has 2 aromatic rings. The minimum atomic E-state index is -1.04. The highest BCUT2D eigenvalue weighted by molar-refractivity contribution is 6.03. The van der Waals surface area contributed by atoms with Crippen molar-refractivity contribution < 1.29 is 14.7 Å². The smallest absolute Gasteiger partial charge is 0.328 e. The number of aliphatic carboxylic acids is 1. The molecule has 0 atom stereocenters. The molecule has 0 aliphatic heterocycles. The van der Waals surface area contributed by atoms with E-state index in [1.807, 2.05) is 6.92 Å². The molecular weight excluding hydrogens is 270 g/mol. The Morgan fingerprint density at radius 1 is 1.24 bits per heavy atom. The minimum Gasteiger partial charge on any atom is -0.478 e. The van der Waals surface area contributed by atoms with Gasteiger partial charge in [-0.2, -0.15) is 0 Å². The van der Waals surface area contributed by atoms with Crippen molar-refractivity contribution in [3.63, 3.8) is 0 Å². The zero-order valence-corrected chi connectivity index (χ0v) is 11.3. The summed E-state index contributed by atoms with van der Waals surface area (Å²) in [5.74, 6) is -1.39. The molecule has 6 heteroatoms. The molecule has 2 rings (SSSR count). The van der Waals surface area contributed by atoms with Gasteiger partial charge in [-0.15, -0.1) is 0 Å². The molecule has 2 heterocycles. The largest absolute Gasteiger partial charge is 0.478 e. The summed E-state index contributed by atoms with van der Waals surface area (Å²) in [5.41, 5.74) is 2.37. The molecule has 0 aliphatic rings. The first-order valence-corrected chi connectivity index (χ1v) is 6.15. The Morgan fingerprint density at radius 3 is 2.67 bits per heavy atom. The van der Waals surface area contributed by atoms with Gasteiger partial charge in [0, 0.05) is 18.5 Å². The molecule has 0 bridgehead atoms. The number of carbonyl (C=O) groups is 2. The van der Waals surface area contributed by atoms with E-state index in [0.29, 0.717) is 11.3 Å². The molecular formula is C15H13N3O3. The normalized spacial score (nSPS) is 10.5. The maximum atomic E-state index is 12.0. The van der Waals surface area contributed by atoms with Gasteiger partial charge in [-0.1, -0.05) is 6.07 Å². The second-order valence-corrected chi connectivity index (χ2v) is 4.29. The Bertz CT molecular complexity index is 694. The number of carboxylic acid groups (broad SMARTS) is 1. The molecule has 106 valence electrons. The molecule has 2 N–H and O–H groups in total. The van der Waals surface area contributed by atoms with Crippen molar-refractivity contribution in [2.75, 3.05) is 5.32 Å². The zero-order chi connectivity index (χ0) is 15.2. The van der Waals surface area contributed by atoms with Crippen LogP contribution in [0.15, 0.2) is 42.9 Å². The average Bonchev–Trinajstić information content (AvgIpc) is 2.48. The van der Waals surface area contributed by atoms with E-state index >= 15 is 0 Å². The third kappa shape index (κ3) is 3.97. The average molecular weight is 283 g/mol. The minimum absolute atomic E-state index is 0.241. The van der Waals surface area contributed by atoms with Crippen LogP contribution in [0.25, 0.3) is 6.08 Å². The van der Waals surface area contributed by atoms with Gasteiger partial charge in [0.25, 0.3) is 5.91 Å². The first-order valence-electron chi connectivity index (χ1n) is 6.15. The maximum Gasteiger partial charge on any atom is 0.328 e. The molecule has 0 saturated carbocycles. The lowest BCUT2D eigenvalue weighted by Crippen LogP contribution is -2.14. The molecule has 0 radical (unpaired) electrons. The summed E-state index contributed by atoms with van der Waals surface area (Å²) in [6.07, 6.45) is 7.06. The lowest BCUT2D eigenvalue weighted by Gasteiger charge is -2.06. The predicted octanol–water partition coefficient (Wildman–Crippen LogP) is 2.14. The number of aryl methyl sites for hydroxylation is 1. The summed E-state index contributed by atoms with van der Waals surface area (Å²) in [7, 11) is 0. The Labute approximate surface area is 121 Å². The molecule has 0 saturated heterocycles. The number of amides is 1. The van der Waals surface area contributed by atoms with Crippen molar-refractivity contribution in [1.82, 2.24) is 9.97 Å². The van der Waals surface area contributed by atoms with Crippen LogP contribution in [0.1, 0.15) is 21.6 Å². The van der Waals surface area contributed by atoms with Crippen LogP contribution in [-0.2, 0) is 4.79 Å². The number of anilines is 1. The third-order valence-corrected chi connectivity index (χ3v) is 2.72. The molecule has 0 spiro atoms. The molecule has 2 aromatic heterocycles. The number of rotatable bonds is 4. The maximum absolute atomic E-state index is 12.0. The van der Waals surface area contributed by atoms with E-state index in [0.717, 1.165) is 11.6 Å². The summed E-state index contributed by atoms with van der Waals surface area (Å²) in [6.45, 7) is 1.87. The van der Waals surface area contributed by atoms with Crippen molar-refractivity contribution in [3.05, 3.63) is 59.7 Å². The molecule has 1 amide bonds. The lowest BCUT2D eigenvalue weighted by atomic mass is 10.2. The van der Waals surface area contributed by atoms with Crippen LogP contribution in [0.2, 0.25) is 0 Å². The summed E-state index contributed by atoms with van der Waals surface area (Å²) in [4.78, 5) is 30.4. The van der Waals surface area contributed by atoms with E-state index in [4.69, 9.17) is 5.11 Å². The van der Waals surface area contributed by atoms with Crippen molar-refractivity contribution in [2.24, 2.45) is 0 Å². The second kappa shape index (κ2) is 6.42. The van der Waals surface area contributed by atoms with Crippen LogP contribution in [0.5, 0.6) is 0 Å². The topological polar surface area (TPSA) is 92.2 Å². The van der Waals surface area contributed by atoms with Gasteiger partial charge in [0.15, 0.2) is 0 Å². The van der Waals surface area contributed by atoms with Gasteiger partial charge >= 0.3 is 5.97 Å². The molecule has 21 heavy (non-hydrogen) atoms. The number of carboxylic acids is 1. The van der Waals surface area contributed by atoms with Gasteiger partial charge in [-0.25, -0.2) is 4.79 Å². The Morgan fingerprint density at radius 2 is 2.05 bits per heavy atom. The number of carbonyl (C=O) groups excluding carboxylic acids is 1. The van der Waals surface area contributed by atoms with Crippen LogP contribution in [0.3, 0.4) is 0 Å². The highest BCUT2D eigenvalue weighted by atomic mass is 16.4. The van der Waals surface area contributed by atoms with Gasteiger partial charge in [-0.3, -0.25) is 14.8 Å². The van der Waals surface area contributed by atoms with Crippen LogP contribution in [-0.4, -0.2) is 27.0 Å². The summed E-state index contributed by atoms with van der Waals surface area (Å²) >= 11 is 0. The fourth-order valence-electron chi connectivity index (χ4n) is 1.59. The van der Waals surface area contributed by atoms with Crippen LogP contribution in [0, 0.1) is 6.92 Å². The SMILES string of the molecule is Cc1ccncc1NC(=O)c1ccc(C=CC(=O)O)cn1. The molecule has 6 nitrogen and oxygen atoms in total. The number of aromatic nitrogens is 2. The lowest BCUT2D eigenvalue weighted by molar-refractivity contribution is -0.131. The quantitative estimate of drug-likeness (QED) is 0.839. The molecule has 0 aromatic carbocycles. The van der Waals surface area contributed by atoms with Crippen LogP contribution < -0.4 is 5.32 Å². The van der Waals surface area contributed by atoms with E-state index in [2.05, 4.69) is 15.3 Å². The summed E-state index contributed by atoms with van der Waals surface area (Å²) in [5, 5.41) is 11.3. The fourth-order valence-corrected chi connectivity index (χ4v) is 1.59. The number of hydrogen-bond donors (Lipinski definition) is 2. The van der Waals surface area contributed by atoms with Gasteiger partial charge in [0.05, 0.1) is 11.9 Å². The van der Waals surface area contributed by atoms with Gasteiger partial charge in [-0.05, 0) is 36.3 Å². The zero-order valence-electron chi connectivity index (χ0n) is 11.3. The van der Waals surface area contributed by atoms with Crippen molar-refractivity contribution >= 4 is 23.6 Å². The first kappa shape index (κ1) is 14.4. The Kier molecular flexibility index (Phi) is 4.40. The van der Waals surface area contributed by atoms with E-state index in [9.17, 15) is 9.59 Å². The van der Waals surface area contributed by atoms with Gasteiger partial charge in [0.1, 0.15) is 5.69 Å². The Hall–Kier alpha value is -3.02. The van der Waals surface area contributed by atoms with E-state index in [-0.39, 0.29) is 11.6 Å². The second-order valence-electron chi connectivity index (χ2n) is 4.29. The standard InChI is InChI=1S/C15H13N3O3/c1-10-6-7-16-9-13(10)18-15(21)12-4-2-11(8-17-12)3-5-14(19)20/h2-9H,1H3,(H,18,21)(H,19,20). The Balaban J connectivity index is 2.10. The molecule has 0 unspecified atom stereocenters. The predicted molar refractivity (Wildman–Crippen MR) is 77.8 cm³/mol. The van der Waals surface area contributed by atoms with Crippen LogP contribution >= 0.6 is 0 Å². The fraction of sp³-hybridized carbons (Fsp3) is 0.0667. The van der Waals surface area contributed by atoms with E-state index < -0.39 is 5.97 Å². The first-order chi connectivity index (χ1) is 10.1. The third-order valence-electron chi connectivity index (χ3n) is 2.72. The van der Waals surface area contributed by atoms with Gasteiger partial charge in [0.2, 0.25) is 0 Å². The summed E-state index contributed by atoms with van der Waals surface area (Å²) in [6, 6.07) is 4.95. The number of nitrogens with zero attached hydrogens (tertiary/aromatic N) is 2. The highest BCUT2D eigenvalue weighted by Gasteiger charge is 2.08. The van der Waals surface area contributed by atoms with Crippen molar-refractivity contribution in [3.8, 4) is 0 Å². The van der Waals surface area contributed by atoms with Crippen molar-refractivity contribution in [2.45, 2.75) is 6.92 Å². The van der Waals surface area contributed by atoms with Gasteiger partial charge < -0.3 is 10.4 Å². The number of hydrogen-bond acceptors (Lipinski definition) is 4. The van der Waals surface area contributed by atoms with E-state index in [1.54, 1.807) is 24.5 Å². The van der Waals surface area contributed by atoms with Crippen molar-refractivity contribution in [1.29, 1.82) is 0 Å². The monoisotopic (exact) mass is 283 g/mol. The van der Waals surface area contributed by atoms with Crippen LogP contribution in [0.4, 0.5) is 5.69 Å². The molecule has 0 fully saturated rings. The number of nitrogens with one attached hydrogen (secondary N) is 1.